The van der Waals surface area contributed by atoms with Crippen molar-refractivity contribution < 1.29 is 4.74 Å². The maximum absolute atomic E-state index is 5.38. The minimum atomic E-state index is 0.632. The summed E-state index contributed by atoms with van der Waals surface area (Å²) in [7, 11) is 1.66. The maximum Gasteiger partial charge on any atom is 0.163 e. The van der Waals surface area contributed by atoms with Crippen molar-refractivity contribution in [1.29, 1.82) is 0 Å². The van der Waals surface area contributed by atoms with Gasteiger partial charge >= 0.3 is 0 Å². The first kappa shape index (κ1) is 17.0. The third kappa shape index (κ3) is 3.44. The highest BCUT2D eigenvalue weighted by Gasteiger charge is 2.11. The maximum atomic E-state index is 5.38. The lowest BCUT2D eigenvalue weighted by molar-refractivity contribution is 0.415. The number of anilines is 2. The first-order valence-corrected chi connectivity index (χ1v) is 8.74. The van der Waals surface area contributed by atoms with Gasteiger partial charge in [-0.1, -0.05) is 6.07 Å². The smallest absolute Gasteiger partial charge is 0.163 e. The quantitative estimate of drug-likeness (QED) is 0.554. The predicted octanol–water partition coefficient (Wildman–Crippen LogP) is 5.06. The van der Waals surface area contributed by atoms with E-state index in [1.54, 1.807) is 19.5 Å². The molecule has 0 saturated heterocycles. The first-order valence-electron chi connectivity index (χ1n) is 8.74. The van der Waals surface area contributed by atoms with Gasteiger partial charge in [-0.3, -0.25) is 4.98 Å². The largest absolute Gasteiger partial charge is 0.497 e. The first-order chi connectivity index (χ1) is 13.1. The van der Waals surface area contributed by atoms with Gasteiger partial charge < -0.3 is 10.1 Å². The molecule has 0 spiro atoms. The van der Waals surface area contributed by atoms with Crippen LogP contribution in [0.2, 0.25) is 0 Å². The summed E-state index contributed by atoms with van der Waals surface area (Å²) in [6.07, 6.45) is 3.51. The Morgan fingerprint density at radius 3 is 2.56 bits per heavy atom. The summed E-state index contributed by atoms with van der Waals surface area (Å²) in [4.78, 5) is 13.7. The van der Waals surface area contributed by atoms with Crippen LogP contribution in [0.4, 0.5) is 11.5 Å². The molecule has 27 heavy (non-hydrogen) atoms. The third-order valence-corrected chi connectivity index (χ3v) is 4.59. The predicted molar refractivity (Wildman–Crippen MR) is 109 cm³/mol. The van der Waals surface area contributed by atoms with Crippen LogP contribution in [0.15, 0.2) is 60.9 Å². The van der Waals surface area contributed by atoms with Gasteiger partial charge in [0.2, 0.25) is 0 Å². The Balaban J connectivity index is 1.88. The zero-order valence-electron chi connectivity index (χ0n) is 15.5. The van der Waals surface area contributed by atoms with E-state index in [9.17, 15) is 0 Å². The SMILES string of the molecule is COc1ccc2nc(-c3cccnc3)nc(Nc3ccc(C)c(C)c3)c2c1. The molecule has 0 amide bonds. The number of rotatable bonds is 4. The molecule has 2 aromatic heterocycles. The summed E-state index contributed by atoms with van der Waals surface area (Å²) in [6.45, 7) is 4.20. The number of ether oxygens (including phenoxy) is 1. The van der Waals surface area contributed by atoms with Crippen molar-refractivity contribution in [3.05, 3.63) is 72.1 Å². The highest BCUT2D eigenvalue weighted by Crippen LogP contribution is 2.30. The lowest BCUT2D eigenvalue weighted by Crippen LogP contribution is -2.00. The number of nitrogens with zero attached hydrogens (tertiary/aromatic N) is 3. The molecule has 5 heteroatoms. The van der Waals surface area contributed by atoms with Crippen molar-refractivity contribution in [1.82, 2.24) is 15.0 Å². The molecule has 5 nitrogen and oxygen atoms in total. The van der Waals surface area contributed by atoms with Gasteiger partial charge in [0, 0.05) is 29.0 Å². The van der Waals surface area contributed by atoms with Crippen LogP contribution >= 0.6 is 0 Å². The molecule has 1 N–H and O–H groups in total. The van der Waals surface area contributed by atoms with Crippen LogP contribution in [0.5, 0.6) is 5.75 Å². The Morgan fingerprint density at radius 2 is 1.81 bits per heavy atom. The molecule has 4 aromatic rings. The van der Waals surface area contributed by atoms with Crippen LogP contribution in [-0.2, 0) is 0 Å². The van der Waals surface area contributed by atoms with Crippen molar-refractivity contribution in [2.75, 3.05) is 12.4 Å². The van der Waals surface area contributed by atoms with Crippen LogP contribution in [0, 0.1) is 13.8 Å². The zero-order valence-corrected chi connectivity index (χ0v) is 15.5. The molecule has 0 bridgehead atoms. The van der Waals surface area contributed by atoms with Crippen LogP contribution in [0.25, 0.3) is 22.3 Å². The van der Waals surface area contributed by atoms with Gasteiger partial charge in [0.1, 0.15) is 11.6 Å². The summed E-state index contributed by atoms with van der Waals surface area (Å²) < 4.78 is 5.38. The average molecular weight is 356 g/mol. The number of aromatic nitrogens is 3. The molecular weight excluding hydrogens is 336 g/mol. The number of hydrogen-bond acceptors (Lipinski definition) is 5. The molecule has 4 rings (SSSR count). The van der Waals surface area contributed by atoms with Crippen molar-refractivity contribution in [3.63, 3.8) is 0 Å². The zero-order chi connectivity index (χ0) is 18.8. The number of pyridine rings is 1. The summed E-state index contributed by atoms with van der Waals surface area (Å²) >= 11 is 0. The van der Waals surface area contributed by atoms with E-state index < -0.39 is 0 Å². The fraction of sp³-hybridized carbons (Fsp3) is 0.136. The molecule has 0 unspecified atom stereocenters. The minimum absolute atomic E-state index is 0.632. The van der Waals surface area contributed by atoms with Gasteiger partial charge in [-0.25, -0.2) is 9.97 Å². The molecule has 0 aliphatic heterocycles. The number of fused-ring (bicyclic) bond motifs is 1. The standard InChI is InChI=1S/C22H20N4O/c1-14-6-7-17(11-15(14)2)24-22-19-12-18(27-3)8-9-20(19)25-21(26-22)16-5-4-10-23-13-16/h4-13H,1-3H3,(H,24,25,26). The molecule has 0 fully saturated rings. The van der Waals surface area contributed by atoms with Crippen molar-refractivity contribution in [2.24, 2.45) is 0 Å². The highest BCUT2D eigenvalue weighted by molar-refractivity contribution is 5.93. The van der Waals surface area contributed by atoms with Gasteiger partial charge in [0.25, 0.3) is 0 Å². The molecule has 0 aliphatic rings. The normalized spacial score (nSPS) is 10.8. The van der Waals surface area contributed by atoms with E-state index in [4.69, 9.17) is 14.7 Å². The Bertz CT molecular complexity index is 1110. The van der Waals surface area contributed by atoms with Crippen LogP contribution in [-0.4, -0.2) is 22.1 Å². The summed E-state index contributed by atoms with van der Waals surface area (Å²) in [5, 5.41) is 4.35. The Hall–Kier alpha value is -3.47. The van der Waals surface area contributed by atoms with Gasteiger partial charge in [-0.15, -0.1) is 0 Å². The molecule has 2 aromatic carbocycles. The van der Waals surface area contributed by atoms with E-state index in [-0.39, 0.29) is 0 Å². The monoisotopic (exact) mass is 356 g/mol. The van der Waals surface area contributed by atoms with E-state index >= 15 is 0 Å². The van der Waals surface area contributed by atoms with Crippen LogP contribution in [0.1, 0.15) is 11.1 Å². The second-order valence-corrected chi connectivity index (χ2v) is 6.44. The van der Waals surface area contributed by atoms with Crippen LogP contribution < -0.4 is 10.1 Å². The number of methoxy groups -OCH3 is 1. The summed E-state index contributed by atoms with van der Waals surface area (Å²) in [5.74, 6) is 2.14. The molecule has 0 saturated carbocycles. The van der Waals surface area contributed by atoms with Crippen molar-refractivity contribution in [2.45, 2.75) is 13.8 Å². The van der Waals surface area contributed by atoms with Crippen molar-refractivity contribution >= 4 is 22.4 Å². The Labute approximate surface area is 158 Å². The number of hydrogen-bond donors (Lipinski definition) is 1. The van der Waals surface area contributed by atoms with E-state index in [2.05, 4.69) is 42.3 Å². The number of aryl methyl sites for hydroxylation is 2. The van der Waals surface area contributed by atoms with Gasteiger partial charge in [0.15, 0.2) is 5.82 Å². The Morgan fingerprint density at radius 1 is 0.926 bits per heavy atom. The fourth-order valence-electron chi connectivity index (χ4n) is 2.91. The van der Waals surface area contributed by atoms with Gasteiger partial charge in [-0.05, 0) is 67.4 Å². The highest BCUT2D eigenvalue weighted by atomic mass is 16.5. The van der Waals surface area contributed by atoms with Gasteiger partial charge in [0.05, 0.1) is 12.6 Å². The second-order valence-electron chi connectivity index (χ2n) is 6.44. The molecule has 0 radical (unpaired) electrons. The molecular formula is C22H20N4O. The topological polar surface area (TPSA) is 59.9 Å². The van der Waals surface area contributed by atoms with Gasteiger partial charge in [-0.2, -0.15) is 0 Å². The number of nitrogens with one attached hydrogen (secondary N) is 1. The minimum Gasteiger partial charge on any atom is -0.497 e. The van der Waals surface area contributed by atoms with E-state index in [1.807, 2.05) is 30.3 Å². The van der Waals surface area contributed by atoms with Crippen LogP contribution in [0.3, 0.4) is 0 Å². The van der Waals surface area contributed by atoms with E-state index in [0.717, 1.165) is 33.7 Å². The van der Waals surface area contributed by atoms with E-state index in [1.165, 1.54) is 11.1 Å². The second kappa shape index (κ2) is 7.03. The number of benzene rings is 2. The van der Waals surface area contributed by atoms with Crippen molar-refractivity contribution in [3.8, 4) is 17.1 Å². The average Bonchev–Trinajstić information content (AvgIpc) is 2.71. The Kier molecular flexibility index (Phi) is 4.42. The molecule has 0 aliphatic carbocycles. The summed E-state index contributed by atoms with van der Waals surface area (Å²) in [5.41, 5.74) is 5.18. The lowest BCUT2D eigenvalue weighted by Gasteiger charge is -2.13. The van der Waals surface area contributed by atoms with E-state index in [0.29, 0.717) is 5.82 Å². The molecule has 134 valence electrons. The fourth-order valence-corrected chi connectivity index (χ4v) is 2.91. The molecule has 0 atom stereocenters. The molecule has 2 heterocycles. The lowest BCUT2D eigenvalue weighted by atomic mass is 10.1. The third-order valence-electron chi connectivity index (χ3n) is 4.59. The summed E-state index contributed by atoms with van der Waals surface area (Å²) in [6, 6.07) is 15.9.